The largest absolute Gasteiger partial charge is 0.492 e. The molecule has 1 aromatic carbocycles. The third kappa shape index (κ3) is 2.16. The Kier molecular flexibility index (Phi) is 2.98. The number of nitrogens with two attached hydrogens (primary N) is 1. The van der Waals surface area contributed by atoms with Crippen molar-refractivity contribution in [2.45, 2.75) is 6.92 Å². The Morgan fingerprint density at radius 2 is 2.15 bits per heavy atom. The van der Waals surface area contributed by atoms with E-state index in [4.69, 9.17) is 10.5 Å². The number of pyridine rings is 1. The Labute approximate surface area is 114 Å². The molecule has 0 aliphatic rings. The highest BCUT2D eigenvalue weighted by molar-refractivity contribution is 5.67. The molecule has 0 atom stereocenters. The minimum Gasteiger partial charge on any atom is -0.492 e. The molecule has 0 amide bonds. The van der Waals surface area contributed by atoms with Crippen molar-refractivity contribution in [3.63, 3.8) is 0 Å². The molecular formula is C14H13FN4O. The van der Waals surface area contributed by atoms with Crippen molar-refractivity contribution in [2.75, 3.05) is 12.3 Å². The summed E-state index contributed by atoms with van der Waals surface area (Å²) in [6.07, 6.45) is 1.28. The van der Waals surface area contributed by atoms with Gasteiger partial charge in [-0.2, -0.15) is 0 Å². The van der Waals surface area contributed by atoms with Gasteiger partial charge in [-0.15, -0.1) is 5.10 Å². The van der Waals surface area contributed by atoms with E-state index in [2.05, 4.69) is 10.1 Å². The SMILES string of the molecule is CCOc1ccc(-c2nc3ccc(F)cn3n2)cc1N. The molecule has 0 saturated heterocycles. The van der Waals surface area contributed by atoms with Gasteiger partial charge in [-0.3, -0.25) is 0 Å². The van der Waals surface area contributed by atoms with Crippen molar-refractivity contribution in [1.82, 2.24) is 14.6 Å². The molecule has 2 heterocycles. The van der Waals surface area contributed by atoms with E-state index in [9.17, 15) is 4.39 Å². The van der Waals surface area contributed by atoms with Crippen LogP contribution in [0.3, 0.4) is 0 Å². The molecule has 20 heavy (non-hydrogen) atoms. The molecule has 0 aliphatic heterocycles. The summed E-state index contributed by atoms with van der Waals surface area (Å²) in [5.41, 5.74) is 7.78. The van der Waals surface area contributed by atoms with E-state index >= 15 is 0 Å². The summed E-state index contributed by atoms with van der Waals surface area (Å²) in [5.74, 6) is 0.761. The average Bonchev–Trinajstić information content (AvgIpc) is 2.84. The number of rotatable bonds is 3. The molecule has 0 saturated carbocycles. The van der Waals surface area contributed by atoms with Crippen LogP contribution in [-0.2, 0) is 0 Å². The van der Waals surface area contributed by atoms with Gasteiger partial charge in [0.2, 0.25) is 0 Å². The molecule has 6 heteroatoms. The minimum atomic E-state index is -0.361. The average molecular weight is 272 g/mol. The van der Waals surface area contributed by atoms with Crippen molar-refractivity contribution in [3.8, 4) is 17.1 Å². The Morgan fingerprint density at radius 3 is 2.90 bits per heavy atom. The molecule has 3 rings (SSSR count). The summed E-state index contributed by atoms with van der Waals surface area (Å²) < 4.78 is 19.9. The lowest BCUT2D eigenvalue weighted by atomic mass is 10.2. The van der Waals surface area contributed by atoms with E-state index in [1.54, 1.807) is 18.2 Å². The van der Waals surface area contributed by atoms with Crippen molar-refractivity contribution in [1.29, 1.82) is 0 Å². The number of benzene rings is 1. The van der Waals surface area contributed by atoms with Gasteiger partial charge in [-0.25, -0.2) is 13.9 Å². The van der Waals surface area contributed by atoms with Crippen LogP contribution >= 0.6 is 0 Å². The van der Waals surface area contributed by atoms with Gasteiger partial charge in [0.25, 0.3) is 0 Å². The number of hydrogen-bond acceptors (Lipinski definition) is 4. The number of halogens is 1. The molecule has 0 unspecified atom stereocenters. The number of anilines is 1. The number of nitrogens with zero attached hydrogens (tertiary/aromatic N) is 3. The smallest absolute Gasteiger partial charge is 0.182 e. The molecule has 2 N–H and O–H groups in total. The Balaban J connectivity index is 2.04. The van der Waals surface area contributed by atoms with Crippen LogP contribution in [0.5, 0.6) is 5.75 Å². The highest BCUT2D eigenvalue weighted by Crippen LogP contribution is 2.27. The number of ether oxygens (including phenoxy) is 1. The van der Waals surface area contributed by atoms with Crippen molar-refractivity contribution in [3.05, 3.63) is 42.3 Å². The molecule has 5 nitrogen and oxygen atoms in total. The predicted octanol–water partition coefficient (Wildman–Crippen LogP) is 2.52. The van der Waals surface area contributed by atoms with Crippen molar-refractivity contribution in [2.24, 2.45) is 0 Å². The zero-order chi connectivity index (χ0) is 14.1. The summed E-state index contributed by atoms with van der Waals surface area (Å²) in [6, 6.07) is 8.27. The molecule has 0 fully saturated rings. The first-order valence-corrected chi connectivity index (χ1v) is 6.22. The monoisotopic (exact) mass is 272 g/mol. The fourth-order valence-corrected chi connectivity index (χ4v) is 1.95. The van der Waals surface area contributed by atoms with Gasteiger partial charge in [0.05, 0.1) is 18.5 Å². The maximum absolute atomic E-state index is 13.1. The summed E-state index contributed by atoms with van der Waals surface area (Å²) >= 11 is 0. The quantitative estimate of drug-likeness (QED) is 0.744. The summed E-state index contributed by atoms with van der Waals surface area (Å²) in [5, 5.41) is 4.23. The first kappa shape index (κ1) is 12.4. The first-order valence-electron chi connectivity index (χ1n) is 6.22. The first-order chi connectivity index (χ1) is 9.67. The van der Waals surface area contributed by atoms with Crippen molar-refractivity contribution >= 4 is 11.3 Å². The second kappa shape index (κ2) is 4.80. The number of fused-ring (bicyclic) bond motifs is 1. The second-order valence-electron chi connectivity index (χ2n) is 4.27. The zero-order valence-electron chi connectivity index (χ0n) is 10.9. The van der Waals surface area contributed by atoms with E-state index in [0.717, 1.165) is 5.56 Å². The van der Waals surface area contributed by atoms with E-state index in [-0.39, 0.29) is 5.82 Å². The van der Waals surface area contributed by atoms with Crippen LogP contribution in [0, 0.1) is 5.82 Å². The standard InChI is InChI=1S/C14H13FN4O/c1-2-20-12-5-3-9(7-11(12)16)14-17-13-6-4-10(15)8-19(13)18-14/h3-8H,2,16H2,1H3. The zero-order valence-corrected chi connectivity index (χ0v) is 10.9. The van der Waals surface area contributed by atoms with Crippen LogP contribution in [0.4, 0.5) is 10.1 Å². The van der Waals surface area contributed by atoms with Gasteiger partial charge in [0.1, 0.15) is 11.6 Å². The summed E-state index contributed by atoms with van der Waals surface area (Å²) in [4.78, 5) is 4.33. The molecule has 102 valence electrons. The van der Waals surface area contributed by atoms with Crippen LogP contribution in [0.25, 0.3) is 17.0 Å². The van der Waals surface area contributed by atoms with Crippen LogP contribution in [0.1, 0.15) is 6.92 Å². The molecule has 3 aromatic rings. The lowest BCUT2D eigenvalue weighted by molar-refractivity contribution is 0.342. The third-order valence-corrected chi connectivity index (χ3v) is 2.86. The van der Waals surface area contributed by atoms with Crippen LogP contribution in [0.2, 0.25) is 0 Å². The molecule has 0 aliphatic carbocycles. The third-order valence-electron chi connectivity index (χ3n) is 2.86. The summed E-state index contributed by atoms with van der Waals surface area (Å²) in [7, 11) is 0. The van der Waals surface area contributed by atoms with E-state index < -0.39 is 0 Å². The number of aromatic nitrogens is 3. The van der Waals surface area contributed by atoms with Crippen LogP contribution in [0.15, 0.2) is 36.5 Å². The maximum Gasteiger partial charge on any atom is 0.182 e. The molecular weight excluding hydrogens is 259 g/mol. The highest BCUT2D eigenvalue weighted by atomic mass is 19.1. The topological polar surface area (TPSA) is 65.4 Å². The lowest BCUT2D eigenvalue weighted by Gasteiger charge is -2.07. The Bertz CT molecular complexity index is 769. The van der Waals surface area contributed by atoms with Gasteiger partial charge in [-0.05, 0) is 37.3 Å². The van der Waals surface area contributed by atoms with E-state index in [0.29, 0.717) is 29.5 Å². The van der Waals surface area contributed by atoms with Gasteiger partial charge < -0.3 is 10.5 Å². The number of nitrogen functional groups attached to an aromatic ring is 1. The highest BCUT2D eigenvalue weighted by Gasteiger charge is 2.09. The van der Waals surface area contributed by atoms with Crippen molar-refractivity contribution < 1.29 is 9.13 Å². The van der Waals surface area contributed by atoms with Gasteiger partial charge in [0.15, 0.2) is 11.5 Å². The van der Waals surface area contributed by atoms with Gasteiger partial charge in [-0.1, -0.05) is 0 Å². The molecule has 0 radical (unpaired) electrons. The van der Waals surface area contributed by atoms with Gasteiger partial charge >= 0.3 is 0 Å². The molecule has 2 aromatic heterocycles. The predicted molar refractivity (Wildman–Crippen MR) is 74.0 cm³/mol. The fraction of sp³-hybridized carbons (Fsp3) is 0.143. The normalized spacial score (nSPS) is 10.9. The second-order valence-corrected chi connectivity index (χ2v) is 4.27. The van der Waals surface area contributed by atoms with E-state index in [1.165, 1.54) is 16.8 Å². The maximum atomic E-state index is 13.1. The number of hydrogen-bond donors (Lipinski definition) is 1. The van der Waals surface area contributed by atoms with Crippen LogP contribution < -0.4 is 10.5 Å². The lowest BCUT2D eigenvalue weighted by Crippen LogP contribution is -1.97. The molecule has 0 spiro atoms. The summed E-state index contributed by atoms with van der Waals surface area (Å²) in [6.45, 7) is 2.45. The minimum absolute atomic E-state index is 0.361. The molecule has 0 bridgehead atoms. The van der Waals surface area contributed by atoms with Gasteiger partial charge in [0, 0.05) is 5.56 Å². The fourth-order valence-electron chi connectivity index (χ4n) is 1.95. The van der Waals surface area contributed by atoms with Crippen LogP contribution in [-0.4, -0.2) is 21.2 Å². The Hall–Kier alpha value is -2.63. The van der Waals surface area contributed by atoms with E-state index in [1.807, 2.05) is 13.0 Å². The Morgan fingerprint density at radius 1 is 1.30 bits per heavy atom.